The molecule has 0 bridgehead atoms. The third-order valence-electron chi connectivity index (χ3n) is 3.38. The van der Waals surface area contributed by atoms with Gasteiger partial charge in [0.15, 0.2) is 0 Å². The lowest BCUT2D eigenvalue weighted by atomic mass is 10.2. The van der Waals surface area contributed by atoms with Crippen molar-refractivity contribution >= 4 is 27.9 Å². The lowest BCUT2D eigenvalue weighted by Gasteiger charge is -2.17. The van der Waals surface area contributed by atoms with Crippen molar-refractivity contribution in [1.82, 2.24) is 10.2 Å². The van der Waals surface area contributed by atoms with Crippen LogP contribution < -0.4 is 10.1 Å². The molecule has 1 heterocycles. The third kappa shape index (κ3) is 3.66. The predicted molar refractivity (Wildman–Crippen MR) is 80.5 cm³/mol. The van der Waals surface area contributed by atoms with E-state index < -0.39 is 6.09 Å². The first kappa shape index (κ1) is 15.6. The van der Waals surface area contributed by atoms with Crippen molar-refractivity contribution in [3.05, 3.63) is 28.2 Å². The van der Waals surface area contributed by atoms with Crippen molar-refractivity contribution < 1.29 is 19.1 Å². The molecule has 114 valence electrons. The first-order chi connectivity index (χ1) is 10.0. The summed E-state index contributed by atoms with van der Waals surface area (Å²) in [5, 5.41) is 2.71. The minimum absolute atomic E-state index is 0.0625. The molecule has 1 atom stereocenters. The number of carbonyl (C=O) groups is 2. The summed E-state index contributed by atoms with van der Waals surface area (Å²) in [6.07, 6.45) is 0.250. The molecule has 0 saturated carbocycles. The van der Waals surface area contributed by atoms with E-state index >= 15 is 0 Å². The zero-order chi connectivity index (χ0) is 15.4. The number of nitrogens with zero attached hydrogens (tertiary/aromatic N) is 1. The number of ether oxygens (including phenoxy) is 2. The Morgan fingerprint density at radius 2 is 2.14 bits per heavy atom. The van der Waals surface area contributed by atoms with Crippen molar-refractivity contribution in [2.24, 2.45) is 0 Å². The third-order valence-corrected chi connectivity index (χ3v) is 4.00. The fraction of sp³-hybridized carbons (Fsp3) is 0.429. The van der Waals surface area contributed by atoms with Gasteiger partial charge < -0.3 is 19.7 Å². The molecule has 1 saturated heterocycles. The number of likely N-dealkylation sites (tertiary alicyclic amines) is 1. The maximum Gasteiger partial charge on any atom is 0.407 e. The number of halogens is 1. The Labute approximate surface area is 131 Å². The summed E-state index contributed by atoms with van der Waals surface area (Å²) in [5.41, 5.74) is 0.585. The second-order valence-corrected chi connectivity index (χ2v) is 5.58. The highest BCUT2D eigenvalue weighted by Gasteiger charge is 2.28. The zero-order valence-electron chi connectivity index (χ0n) is 11.9. The lowest BCUT2D eigenvalue weighted by Crippen LogP contribution is -2.38. The fourth-order valence-corrected chi connectivity index (χ4v) is 2.81. The van der Waals surface area contributed by atoms with E-state index in [0.717, 1.165) is 10.9 Å². The highest BCUT2D eigenvalue weighted by molar-refractivity contribution is 9.10. The minimum atomic E-state index is -0.471. The average Bonchev–Trinajstić information content (AvgIpc) is 2.94. The lowest BCUT2D eigenvalue weighted by molar-refractivity contribution is 0.0788. The molecular weight excluding hydrogens is 340 g/mol. The Morgan fingerprint density at radius 1 is 1.38 bits per heavy atom. The molecule has 1 aromatic carbocycles. The van der Waals surface area contributed by atoms with Gasteiger partial charge in [-0.1, -0.05) is 0 Å². The number of alkyl carbamates (subject to hydrolysis) is 1. The molecule has 7 heteroatoms. The van der Waals surface area contributed by atoms with Gasteiger partial charge in [-0.25, -0.2) is 4.79 Å². The summed E-state index contributed by atoms with van der Waals surface area (Å²) in [6.45, 7) is 1.09. The van der Waals surface area contributed by atoms with Gasteiger partial charge in [0.25, 0.3) is 5.91 Å². The van der Waals surface area contributed by atoms with Gasteiger partial charge in [0.2, 0.25) is 0 Å². The Balaban J connectivity index is 2.01. The van der Waals surface area contributed by atoms with E-state index in [2.05, 4.69) is 26.0 Å². The largest absolute Gasteiger partial charge is 0.496 e. The van der Waals surface area contributed by atoms with Crippen LogP contribution in [0, 0.1) is 0 Å². The van der Waals surface area contributed by atoms with E-state index in [0.29, 0.717) is 24.4 Å². The second-order valence-electron chi connectivity index (χ2n) is 4.72. The monoisotopic (exact) mass is 356 g/mol. The first-order valence-corrected chi connectivity index (χ1v) is 7.31. The molecule has 0 radical (unpaired) electrons. The number of nitrogens with one attached hydrogen (secondary N) is 1. The van der Waals surface area contributed by atoms with Crippen LogP contribution in [0.1, 0.15) is 16.8 Å². The average molecular weight is 357 g/mol. The first-order valence-electron chi connectivity index (χ1n) is 6.52. The molecule has 1 aliphatic heterocycles. The maximum absolute atomic E-state index is 12.4. The Morgan fingerprint density at radius 3 is 2.76 bits per heavy atom. The van der Waals surface area contributed by atoms with E-state index in [1.165, 1.54) is 7.11 Å². The number of hydrogen-bond donors (Lipinski definition) is 1. The molecule has 1 unspecified atom stereocenters. The molecule has 0 aliphatic carbocycles. The maximum atomic E-state index is 12.4. The van der Waals surface area contributed by atoms with E-state index in [-0.39, 0.29) is 11.9 Å². The second kappa shape index (κ2) is 6.80. The normalized spacial score (nSPS) is 17.5. The number of hydrogen-bond acceptors (Lipinski definition) is 4. The van der Waals surface area contributed by atoms with Gasteiger partial charge in [0, 0.05) is 18.7 Å². The zero-order valence-corrected chi connectivity index (χ0v) is 13.5. The topological polar surface area (TPSA) is 67.9 Å². The molecule has 0 aromatic heterocycles. The summed E-state index contributed by atoms with van der Waals surface area (Å²) >= 11 is 3.37. The number of benzene rings is 1. The van der Waals surface area contributed by atoms with Crippen molar-refractivity contribution in [2.75, 3.05) is 27.3 Å². The standard InChI is InChI=1S/C14H17BrN2O4/c1-20-12-4-3-9(7-11(12)15)13(18)17-6-5-10(8-17)16-14(19)21-2/h3-4,7,10H,5-6,8H2,1-2H3,(H,16,19). The predicted octanol–water partition coefficient (Wildman–Crippen LogP) is 2.03. The number of methoxy groups -OCH3 is 2. The molecule has 2 rings (SSSR count). The van der Waals surface area contributed by atoms with Crippen LogP contribution >= 0.6 is 15.9 Å². The molecular formula is C14H17BrN2O4. The van der Waals surface area contributed by atoms with Crippen LogP contribution in [-0.4, -0.2) is 50.3 Å². The van der Waals surface area contributed by atoms with Gasteiger partial charge in [0.05, 0.1) is 24.7 Å². The summed E-state index contributed by atoms with van der Waals surface area (Å²) in [7, 11) is 2.90. The summed E-state index contributed by atoms with van der Waals surface area (Å²) in [5.74, 6) is 0.616. The minimum Gasteiger partial charge on any atom is -0.496 e. The van der Waals surface area contributed by atoms with E-state index in [1.54, 1.807) is 30.2 Å². The van der Waals surface area contributed by atoms with Crippen LogP contribution in [0.5, 0.6) is 5.75 Å². The molecule has 1 fully saturated rings. The van der Waals surface area contributed by atoms with Gasteiger partial charge in [-0.05, 0) is 40.5 Å². The molecule has 21 heavy (non-hydrogen) atoms. The number of carbonyl (C=O) groups excluding carboxylic acids is 2. The summed E-state index contributed by atoms with van der Waals surface area (Å²) in [4.78, 5) is 25.3. The molecule has 2 amide bonds. The van der Waals surface area contributed by atoms with Crippen LogP contribution in [0.3, 0.4) is 0 Å². The van der Waals surface area contributed by atoms with Crippen LogP contribution in [0.4, 0.5) is 4.79 Å². The van der Waals surface area contributed by atoms with Gasteiger partial charge >= 0.3 is 6.09 Å². The van der Waals surface area contributed by atoms with Gasteiger partial charge in [0.1, 0.15) is 5.75 Å². The van der Waals surface area contributed by atoms with Crippen LogP contribution in [-0.2, 0) is 4.74 Å². The van der Waals surface area contributed by atoms with Gasteiger partial charge in [-0.3, -0.25) is 4.79 Å². The van der Waals surface area contributed by atoms with Crippen LogP contribution in [0.2, 0.25) is 0 Å². The van der Waals surface area contributed by atoms with Crippen LogP contribution in [0.25, 0.3) is 0 Å². The van der Waals surface area contributed by atoms with Crippen molar-refractivity contribution in [3.8, 4) is 5.75 Å². The molecule has 1 aliphatic rings. The smallest absolute Gasteiger partial charge is 0.407 e. The molecule has 0 spiro atoms. The summed E-state index contributed by atoms with van der Waals surface area (Å²) < 4.78 is 10.4. The van der Waals surface area contributed by atoms with E-state index in [9.17, 15) is 9.59 Å². The number of rotatable bonds is 3. The van der Waals surface area contributed by atoms with Crippen molar-refractivity contribution in [2.45, 2.75) is 12.5 Å². The van der Waals surface area contributed by atoms with Crippen molar-refractivity contribution in [1.29, 1.82) is 0 Å². The SMILES string of the molecule is COC(=O)NC1CCN(C(=O)c2ccc(OC)c(Br)c2)C1. The molecule has 1 aromatic rings. The quantitative estimate of drug-likeness (QED) is 0.899. The van der Waals surface area contributed by atoms with E-state index in [4.69, 9.17) is 4.74 Å². The van der Waals surface area contributed by atoms with Crippen LogP contribution in [0.15, 0.2) is 22.7 Å². The summed E-state index contributed by atoms with van der Waals surface area (Å²) in [6, 6.07) is 5.15. The Kier molecular flexibility index (Phi) is 5.06. The molecule has 1 N–H and O–H groups in total. The van der Waals surface area contributed by atoms with Gasteiger partial charge in [-0.2, -0.15) is 0 Å². The number of amides is 2. The van der Waals surface area contributed by atoms with Gasteiger partial charge in [-0.15, -0.1) is 0 Å². The Bertz CT molecular complexity index is 550. The van der Waals surface area contributed by atoms with E-state index in [1.807, 2.05) is 0 Å². The van der Waals surface area contributed by atoms with Crippen molar-refractivity contribution in [3.63, 3.8) is 0 Å². The fourth-order valence-electron chi connectivity index (χ4n) is 2.27. The molecule has 6 nitrogen and oxygen atoms in total. The highest BCUT2D eigenvalue weighted by Crippen LogP contribution is 2.26. The Hall–Kier alpha value is -1.76. The highest BCUT2D eigenvalue weighted by atomic mass is 79.9.